The van der Waals surface area contributed by atoms with Gasteiger partial charge in [0.2, 0.25) is 5.91 Å². The molecule has 122 valence electrons. The molecule has 2 N–H and O–H groups in total. The van der Waals surface area contributed by atoms with Crippen LogP contribution in [0.3, 0.4) is 0 Å². The third-order valence-corrected chi connectivity index (χ3v) is 4.68. The average molecular weight is 314 g/mol. The molecule has 4 heterocycles. The number of rotatable bonds is 3. The fourth-order valence-electron chi connectivity index (χ4n) is 3.48. The molecule has 4 rings (SSSR count). The molecule has 0 aromatic carbocycles. The van der Waals surface area contributed by atoms with E-state index in [0.29, 0.717) is 6.54 Å². The predicted molar refractivity (Wildman–Crippen MR) is 87.7 cm³/mol. The van der Waals surface area contributed by atoms with E-state index in [1.165, 1.54) is 11.3 Å². The molecule has 23 heavy (non-hydrogen) atoms. The Balaban J connectivity index is 1.68. The highest BCUT2D eigenvalue weighted by Crippen LogP contribution is 2.31. The smallest absolute Gasteiger partial charge is 0.226 e. The maximum atomic E-state index is 12.0. The molecule has 0 saturated carbocycles. The van der Waals surface area contributed by atoms with Gasteiger partial charge in [0.25, 0.3) is 0 Å². The van der Waals surface area contributed by atoms with Gasteiger partial charge in [-0.3, -0.25) is 4.79 Å². The molecule has 7 nitrogen and oxygen atoms in total. The van der Waals surface area contributed by atoms with Crippen molar-refractivity contribution >= 4 is 17.4 Å². The minimum Gasteiger partial charge on any atom is -0.356 e. The van der Waals surface area contributed by atoms with E-state index < -0.39 is 0 Å². The van der Waals surface area contributed by atoms with Crippen LogP contribution in [0.15, 0.2) is 12.3 Å². The zero-order chi connectivity index (χ0) is 15.8. The number of amides is 1. The van der Waals surface area contributed by atoms with E-state index in [4.69, 9.17) is 4.98 Å². The standard InChI is InChI=1S/C16H22N6O/c1-2-18-15(23)11-9-21(10-11)16-12-3-6-17-7-4-13(12)20-14-5-8-19-22(14)16/h5,8,11,17H,2-4,6-7,9-10H2,1H3,(H,18,23). The molecule has 0 bridgehead atoms. The Labute approximate surface area is 135 Å². The number of aromatic nitrogens is 3. The van der Waals surface area contributed by atoms with E-state index in [-0.39, 0.29) is 11.8 Å². The second-order valence-electron chi connectivity index (χ2n) is 6.21. The first-order valence-electron chi connectivity index (χ1n) is 8.36. The Morgan fingerprint density at radius 1 is 1.39 bits per heavy atom. The van der Waals surface area contributed by atoms with E-state index in [1.807, 2.05) is 17.5 Å². The normalized spacial score (nSPS) is 18.4. The van der Waals surface area contributed by atoms with Crippen molar-refractivity contribution in [3.8, 4) is 0 Å². The fraction of sp³-hybridized carbons (Fsp3) is 0.562. The van der Waals surface area contributed by atoms with E-state index >= 15 is 0 Å². The van der Waals surface area contributed by atoms with Crippen molar-refractivity contribution in [2.75, 3.05) is 37.6 Å². The summed E-state index contributed by atoms with van der Waals surface area (Å²) in [5.41, 5.74) is 3.34. The van der Waals surface area contributed by atoms with Crippen LogP contribution in [-0.2, 0) is 17.6 Å². The number of nitrogens with one attached hydrogen (secondary N) is 2. The molecule has 7 heteroatoms. The zero-order valence-corrected chi connectivity index (χ0v) is 13.4. The topological polar surface area (TPSA) is 74.6 Å². The summed E-state index contributed by atoms with van der Waals surface area (Å²) in [6, 6.07) is 1.95. The Kier molecular flexibility index (Phi) is 3.65. The van der Waals surface area contributed by atoms with Gasteiger partial charge in [0.05, 0.1) is 17.8 Å². The SMILES string of the molecule is CCNC(=O)C1CN(c2c3c(nc4ccnn24)CCNCC3)C1. The van der Waals surface area contributed by atoms with Gasteiger partial charge in [-0.25, -0.2) is 4.98 Å². The van der Waals surface area contributed by atoms with Gasteiger partial charge in [0, 0.05) is 44.2 Å². The third-order valence-electron chi connectivity index (χ3n) is 4.68. The third kappa shape index (κ3) is 2.45. The molecular weight excluding hydrogens is 292 g/mol. The molecule has 2 aromatic rings. The summed E-state index contributed by atoms with van der Waals surface area (Å²) in [7, 11) is 0. The summed E-state index contributed by atoms with van der Waals surface area (Å²) >= 11 is 0. The molecule has 0 atom stereocenters. The molecule has 0 unspecified atom stereocenters. The summed E-state index contributed by atoms with van der Waals surface area (Å²) in [5.74, 6) is 1.36. The quantitative estimate of drug-likeness (QED) is 0.833. The zero-order valence-electron chi connectivity index (χ0n) is 13.4. The van der Waals surface area contributed by atoms with E-state index in [1.54, 1.807) is 6.20 Å². The largest absolute Gasteiger partial charge is 0.356 e. The van der Waals surface area contributed by atoms with Crippen LogP contribution in [0.25, 0.3) is 5.65 Å². The molecule has 2 aliphatic rings. The molecule has 0 spiro atoms. The lowest BCUT2D eigenvalue weighted by atomic mass is 9.97. The van der Waals surface area contributed by atoms with Gasteiger partial charge in [-0.2, -0.15) is 9.61 Å². The second-order valence-corrected chi connectivity index (χ2v) is 6.21. The first-order chi connectivity index (χ1) is 11.3. The summed E-state index contributed by atoms with van der Waals surface area (Å²) in [4.78, 5) is 19.0. The van der Waals surface area contributed by atoms with Crippen molar-refractivity contribution in [3.05, 3.63) is 23.5 Å². The Morgan fingerprint density at radius 2 is 2.22 bits per heavy atom. The Bertz CT molecular complexity index is 733. The highest BCUT2D eigenvalue weighted by Gasteiger charge is 2.35. The van der Waals surface area contributed by atoms with Crippen molar-refractivity contribution in [1.29, 1.82) is 0 Å². The van der Waals surface area contributed by atoms with Gasteiger partial charge in [-0.15, -0.1) is 0 Å². The van der Waals surface area contributed by atoms with E-state index in [9.17, 15) is 4.79 Å². The van der Waals surface area contributed by atoms with Gasteiger partial charge in [0.1, 0.15) is 5.82 Å². The monoisotopic (exact) mass is 314 g/mol. The average Bonchev–Trinajstić information content (AvgIpc) is 2.82. The minimum absolute atomic E-state index is 0.0771. The summed E-state index contributed by atoms with van der Waals surface area (Å²) < 4.78 is 1.93. The minimum atomic E-state index is 0.0771. The van der Waals surface area contributed by atoms with Crippen LogP contribution in [0.2, 0.25) is 0 Å². The molecule has 2 aliphatic heterocycles. The number of carbonyl (C=O) groups excluding carboxylic acids is 1. The second kappa shape index (κ2) is 5.81. The highest BCUT2D eigenvalue weighted by molar-refractivity contribution is 5.82. The lowest BCUT2D eigenvalue weighted by molar-refractivity contribution is -0.125. The van der Waals surface area contributed by atoms with Crippen molar-refractivity contribution < 1.29 is 4.79 Å². The highest BCUT2D eigenvalue weighted by atomic mass is 16.2. The van der Waals surface area contributed by atoms with Crippen molar-refractivity contribution in [2.45, 2.75) is 19.8 Å². The van der Waals surface area contributed by atoms with Crippen LogP contribution in [0, 0.1) is 5.92 Å². The number of carbonyl (C=O) groups is 1. The summed E-state index contributed by atoms with van der Waals surface area (Å²) in [6.07, 6.45) is 3.69. The molecule has 1 amide bonds. The van der Waals surface area contributed by atoms with Gasteiger partial charge >= 0.3 is 0 Å². The van der Waals surface area contributed by atoms with Crippen LogP contribution >= 0.6 is 0 Å². The van der Waals surface area contributed by atoms with Crippen molar-refractivity contribution in [2.24, 2.45) is 5.92 Å². The molecule has 1 saturated heterocycles. The maximum Gasteiger partial charge on any atom is 0.226 e. The van der Waals surface area contributed by atoms with Crippen LogP contribution in [0.4, 0.5) is 5.82 Å². The molecule has 0 radical (unpaired) electrons. The molecular formula is C16H22N6O. The van der Waals surface area contributed by atoms with Crippen LogP contribution in [0.5, 0.6) is 0 Å². The first kappa shape index (κ1) is 14.4. The van der Waals surface area contributed by atoms with Crippen molar-refractivity contribution in [1.82, 2.24) is 25.2 Å². The molecule has 2 aromatic heterocycles. The number of hydrogen-bond donors (Lipinski definition) is 2. The van der Waals surface area contributed by atoms with E-state index in [2.05, 4.69) is 20.6 Å². The van der Waals surface area contributed by atoms with Crippen molar-refractivity contribution in [3.63, 3.8) is 0 Å². The fourth-order valence-corrected chi connectivity index (χ4v) is 3.48. The van der Waals surface area contributed by atoms with Crippen LogP contribution in [-0.4, -0.2) is 53.2 Å². The predicted octanol–water partition coefficient (Wildman–Crippen LogP) is -0.0102. The lowest BCUT2D eigenvalue weighted by Gasteiger charge is -2.40. The first-order valence-corrected chi connectivity index (χ1v) is 8.36. The number of hydrogen-bond acceptors (Lipinski definition) is 5. The Hall–Kier alpha value is -2.15. The van der Waals surface area contributed by atoms with Gasteiger partial charge in [0.15, 0.2) is 5.65 Å². The van der Waals surface area contributed by atoms with E-state index in [0.717, 1.165) is 50.5 Å². The van der Waals surface area contributed by atoms with Gasteiger partial charge in [-0.1, -0.05) is 0 Å². The summed E-state index contributed by atoms with van der Waals surface area (Å²) in [5, 5.41) is 10.8. The molecule has 0 aliphatic carbocycles. The van der Waals surface area contributed by atoms with Gasteiger partial charge < -0.3 is 15.5 Å². The number of fused-ring (bicyclic) bond motifs is 2. The maximum absolute atomic E-state index is 12.0. The van der Waals surface area contributed by atoms with Gasteiger partial charge in [-0.05, 0) is 19.9 Å². The summed E-state index contributed by atoms with van der Waals surface area (Å²) in [6.45, 7) is 6.08. The lowest BCUT2D eigenvalue weighted by Crippen LogP contribution is -2.54. The molecule has 1 fully saturated rings. The van der Waals surface area contributed by atoms with Crippen LogP contribution < -0.4 is 15.5 Å². The Morgan fingerprint density at radius 3 is 3.04 bits per heavy atom. The number of anilines is 1. The number of nitrogens with zero attached hydrogens (tertiary/aromatic N) is 4. The van der Waals surface area contributed by atoms with Crippen LogP contribution in [0.1, 0.15) is 18.2 Å².